The fourth-order valence-electron chi connectivity index (χ4n) is 1.66. The van der Waals surface area contributed by atoms with E-state index in [0.717, 1.165) is 0 Å². The highest BCUT2D eigenvalue weighted by molar-refractivity contribution is 5.41. The Bertz CT molecular complexity index is 379. The summed E-state index contributed by atoms with van der Waals surface area (Å²) in [6.45, 7) is 1.15. The van der Waals surface area contributed by atoms with Crippen molar-refractivity contribution in [3.63, 3.8) is 0 Å². The third-order valence-corrected chi connectivity index (χ3v) is 2.45. The Labute approximate surface area is 90.5 Å². The molecule has 0 spiro atoms. The van der Waals surface area contributed by atoms with E-state index in [4.69, 9.17) is 14.9 Å². The quantitative estimate of drug-likeness (QED) is 0.675. The molecule has 1 atom stereocenters. The van der Waals surface area contributed by atoms with Gasteiger partial charge in [0.2, 0.25) is 0 Å². The van der Waals surface area contributed by atoms with Gasteiger partial charge in [-0.05, 0) is 0 Å². The van der Waals surface area contributed by atoms with Gasteiger partial charge in [-0.3, -0.25) is 0 Å². The number of hydrogen-bond acceptors (Lipinski definition) is 4. The van der Waals surface area contributed by atoms with E-state index in [2.05, 4.69) is 5.32 Å². The Morgan fingerprint density at radius 3 is 2.38 bits per heavy atom. The molecule has 1 aromatic carbocycles. The van der Waals surface area contributed by atoms with Crippen molar-refractivity contribution in [1.82, 2.24) is 5.32 Å². The fraction of sp³-hybridized carbons (Fsp3) is 0.400. The summed E-state index contributed by atoms with van der Waals surface area (Å²) in [6.07, 6.45) is -0.841. The average molecular weight is 231 g/mol. The summed E-state index contributed by atoms with van der Waals surface area (Å²) in [7, 11) is 0. The molecular weight excluding hydrogens is 220 g/mol. The van der Waals surface area contributed by atoms with Crippen LogP contribution in [0, 0.1) is 11.6 Å². The lowest BCUT2D eigenvalue weighted by Gasteiger charge is -2.24. The van der Waals surface area contributed by atoms with Gasteiger partial charge in [-0.2, -0.15) is 0 Å². The first-order valence-electron chi connectivity index (χ1n) is 4.83. The van der Waals surface area contributed by atoms with Gasteiger partial charge in [-0.25, -0.2) is 8.78 Å². The van der Waals surface area contributed by atoms with Gasteiger partial charge in [-0.1, -0.05) is 0 Å². The van der Waals surface area contributed by atoms with E-state index in [1.807, 2.05) is 0 Å². The minimum absolute atomic E-state index is 0.233. The van der Waals surface area contributed by atoms with Crippen molar-refractivity contribution < 1.29 is 23.7 Å². The van der Waals surface area contributed by atoms with Crippen LogP contribution in [-0.2, 0) is 4.74 Å². The van der Waals surface area contributed by atoms with Gasteiger partial charge in [-0.15, -0.1) is 0 Å². The summed E-state index contributed by atoms with van der Waals surface area (Å²) in [4.78, 5) is 0. The van der Waals surface area contributed by atoms with Crippen LogP contribution in [0.4, 0.5) is 8.78 Å². The van der Waals surface area contributed by atoms with Crippen LogP contribution in [0.2, 0.25) is 0 Å². The van der Waals surface area contributed by atoms with Crippen molar-refractivity contribution in [1.29, 1.82) is 0 Å². The van der Waals surface area contributed by atoms with E-state index in [0.29, 0.717) is 19.2 Å². The maximum Gasteiger partial charge on any atom is 0.173 e. The summed E-state index contributed by atoms with van der Waals surface area (Å²) >= 11 is 0. The highest BCUT2D eigenvalue weighted by Crippen LogP contribution is 2.34. The summed E-state index contributed by atoms with van der Waals surface area (Å²) in [5, 5.41) is 21.2. The zero-order valence-corrected chi connectivity index (χ0v) is 8.33. The number of aromatic hydroxyl groups is 2. The molecule has 0 aromatic heterocycles. The molecular formula is C10H11F2NO3. The number of hydrogen-bond donors (Lipinski definition) is 3. The summed E-state index contributed by atoms with van der Waals surface area (Å²) in [5.41, 5.74) is -0.440. The third kappa shape index (κ3) is 1.81. The maximum absolute atomic E-state index is 13.5. The SMILES string of the molecule is Oc1cc(O)c(F)c(C2CNCCO2)c1F. The normalized spacial score (nSPS) is 21.0. The molecule has 0 amide bonds. The minimum Gasteiger partial charge on any atom is -0.505 e. The highest BCUT2D eigenvalue weighted by Gasteiger charge is 2.27. The second-order valence-corrected chi connectivity index (χ2v) is 3.52. The molecule has 0 radical (unpaired) electrons. The Kier molecular flexibility index (Phi) is 2.93. The van der Waals surface area contributed by atoms with Crippen molar-refractivity contribution in [2.24, 2.45) is 0 Å². The lowest BCUT2D eigenvalue weighted by Crippen LogP contribution is -2.34. The zero-order chi connectivity index (χ0) is 11.7. The predicted molar refractivity (Wildman–Crippen MR) is 51.3 cm³/mol. The number of nitrogens with one attached hydrogen (secondary N) is 1. The van der Waals surface area contributed by atoms with E-state index in [9.17, 15) is 8.78 Å². The molecule has 3 N–H and O–H groups in total. The van der Waals surface area contributed by atoms with Gasteiger partial charge in [0, 0.05) is 19.2 Å². The van der Waals surface area contributed by atoms with E-state index < -0.39 is 34.8 Å². The molecule has 16 heavy (non-hydrogen) atoms. The van der Waals surface area contributed by atoms with Crippen LogP contribution >= 0.6 is 0 Å². The largest absolute Gasteiger partial charge is 0.505 e. The number of phenols is 2. The van der Waals surface area contributed by atoms with Crippen molar-refractivity contribution in [3.8, 4) is 11.5 Å². The lowest BCUT2D eigenvalue weighted by atomic mass is 10.1. The molecule has 0 bridgehead atoms. The first-order valence-corrected chi connectivity index (χ1v) is 4.83. The van der Waals surface area contributed by atoms with Gasteiger partial charge in [0.05, 0.1) is 12.2 Å². The average Bonchev–Trinajstić information content (AvgIpc) is 2.28. The van der Waals surface area contributed by atoms with Crippen molar-refractivity contribution in [2.75, 3.05) is 19.7 Å². The molecule has 1 fully saturated rings. The van der Waals surface area contributed by atoms with Crippen LogP contribution in [-0.4, -0.2) is 29.9 Å². The van der Waals surface area contributed by atoms with Crippen molar-refractivity contribution >= 4 is 0 Å². The van der Waals surface area contributed by atoms with Crippen LogP contribution < -0.4 is 5.32 Å². The smallest absolute Gasteiger partial charge is 0.173 e. The topological polar surface area (TPSA) is 61.7 Å². The number of rotatable bonds is 1. The molecule has 1 aromatic rings. The lowest BCUT2D eigenvalue weighted by molar-refractivity contribution is 0.0226. The Balaban J connectivity index is 2.45. The van der Waals surface area contributed by atoms with Crippen LogP contribution in [0.5, 0.6) is 11.5 Å². The Hall–Kier alpha value is -1.40. The first-order chi connectivity index (χ1) is 7.61. The summed E-state index contributed by atoms with van der Waals surface area (Å²) < 4.78 is 32.2. The summed E-state index contributed by atoms with van der Waals surface area (Å²) in [5.74, 6) is -3.76. The van der Waals surface area contributed by atoms with Crippen LogP contribution in [0.15, 0.2) is 6.07 Å². The van der Waals surface area contributed by atoms with Gasteiger partial charge in [0.25, 0.3) is 0 Å². The second kappa shape index (κ2) is 4.23. The third-order valence-electron chi connectivity index (χ3n) is 2.45. The number of phenolic OH excluding ortho intramolecular Hbond substituents is 2. The Morgan fingerprint density at radius 1 is 1.25 bits per heavy atom. The van der Waals surface area contributed by atoms with Crippen LogP contribution in [0.1, 0.15) is 11.7 Å². The molecule has 1 aliphatic rings. The minimum atomic E-state index is -1.09. The van der Waals surface area contributed by atoms with E-state index in [1.165, 1.54) is 0 Å². The second-order valence-electron chi connectivity index (χ2n) is 3.52. The number of ether oxygens (including phenoxy) is 1. The number of benzene rings is 1. The summed E-state index contributed by atoms with van der Waals surface area (Å²) in [6, 6.07) is 0.629. The van der Waals surface area contributed by atoms with Gasteiger partial charge in [0.15, 0.2) is 23.1 Å². The molecule has 1 heterocycles. The van der Waals surface area contributed by atoms with Gasteiger partial charge >= 0.3 is 0 Å². The van der Waals surface area contributed by atoms with E-state index >= 15 is 0 Å². The van der Waals surface area contributed by atoms with E-state index in [-0.39, 0.29) is 6.54 Å². The van der Waals surface area contributed by atoms with E-state index in [1.54, 1.807) is 0 Å². The molecule has 1 aliphatic heterocycles. The molecule has 4 nitrogen and oxygen atoms in total. The van der Waals surface area contributed by atoms with Gasteiger partial charge < -0.3 is 20.3 Å². The predicted octanol–water partition coefficient (Wildman–Crippen LogP) is 1.04. The van der Waals surface area contributed by atoms with Gasteiger partial charge in [0.1, 0.15) is 6.10 Å². The molecule has 1 unspecified atom stereocenters. The first kappa shape index (κ1) is 11.1. The monoisotopic (exact) mass is 231 g/mol. The van der Waals surface area contributed by atoms with Crippen molar-refractivity contribution in [2.45, 2.75) is 6.10 Å². The molecule has 2 rings (SSSR count). The maximum atomic E-state index is 13.5. The molecule has 0 aliphatic carbocycles. The Morgan fingerprint density at radius 2 is 1.88 bits per heavy atom. The van der Waals surface area contributed by atoms with Crippen LogP contribution in [0.3, 0.4) is 0 Å². The molecule has 88 valence electrons. The fourth-order valence-corrected chi connectivity index (χ4v) is 1.66. The molecule has 1 saturated heterocycles. The highest BCUT2D eigenvalue weighted by atomic mass is 19.1. The number of morpholine rings is 1. The zero-order valence-electron chi connectivity index (χ0n) is 8.33. The van der Waals surface area contributed by atoms with Crippen LogP contribution in [0.25, 0.3) is 0 Å². The standard InChI is InChI=1S/C10H11F2NO3/c11-9-5(14)3-6(15)10(12)8(9)7-4-13-1-2-16-7/h3,7,13-15H,1-2,4H2. The molecule has 0 saturated carbocycles. The van der Waals surface area contributed by atoms with Crippen molar-refractivity contribution in [3.05, 3.63) is 23.3 Å². The molecule has 6 heteroatoms. The number of halogens is 2.